The number of nitrogens with one attached hydrogen (secondary N) is 1. The van der Waals surface area contributed by atoms with Crippen molar-refractivity contribution in [2.24, 2.45) is 5.73 Å². The fourth-order valence-electron chi connectivity index (χ4n) is 2.42. The minimum Gasteiger partial charge on any atom is -0.355 e. The second-order valence-corrected chi connectivity index (χ2v) is 7.31. The quantitative estimate of drug-likeness (QED) is 0.804. The van der Waals surface area contributed by atoms with Crippen molar-refractivity contribution in [3.05, 3.63) is 70.2 Å². The highest BCUT2D eigenvalue weighted by Gasteiger charge is 2.22. The van der Waals surface area contributed by atoms with E-state index in [2.05, 4.69) is 47.2 Å². The van der Waals surface area contributed by atoms with Gasteiger partial charge < -0.3 is 11.1 Å². The summed E-state index contributed by atoms with van der Waals surface area (Å²) in [5, 5.41) is 3.01. The molecular formula is C19H23BrN2O. The molecule has 0 spiro atoms. The first-order chi connectivity index (χ1) is 10.9. The van der Waals surface area contributed by atoms with Crippen LogP contribution in [0.2, 0.25) is 0 Å². The van der Waals surface area contributed by atoms with Gasteiger partial charge in [-0.3, -0.25) is 4.79 Å². The lowest BCUT2D eigenvalue weighted by Gasteiger charge is -2.26. The van der Waals surface area contributed by atoms with Crippen molar-refractivity contribution in [3.8, 4) is 0 Å². The minimum absolute atomic E-state index is 0.0237. The van der Waals surface area contributed by atoms with Gasteiger partial charge in [0.25, 0.3) is 0 Å². The van der Waals surface area contributed by atoms with Gasteiger partial charge in [0.05, 0.1) is 0 Å². The Morgan fingerprint density at radius 2 is 1.87 bits per heavy atom. The molecule has 0 aliphatic carbocycles. The Labute approximate surface area is 146 Å². The van der Waals surface area contributed by atoms with Gasteiger partial charge in [-0.25, -0.2) is 0 Å². The number of nitrogens with two attached hydrogens (primary N) is 1. The van der Waals surface area contributed by atoms with Crippen molar-refractivity contribution < 1.29 is 4.79 Å². The third-order valence-corrected chi connectivity index (χ3v) is 4.46. The molecule has 3 nitrogen and oxygen atoms in total. The first kappa shape index (κ1) is 17.7. The van der Waals surface area contributed by atoms with E-state index in [4.69, 9.17) is 5.73 Å². The first-order valence-electron chi connectivity index (χ1n) is 7.72. The zero-order valence-corrected chi connectivity index (χ0v) is 15.1. The zero-order chi connectivity index (χ0) is 16.9. The lowest BCUT2D eigenvalue weighted by Crippen LogP contribution is -2.37. The van der Waals surface area contributed by atoms with Crippen molar-refractivity contribution >= 4 is 21.8 Å². The van der Waals surface area contributed by atoms with E-state index in [1.54, 1.807) is 0 Å². The molecule has 122 valence electrons. The van der Waals surface area contributed by atoms with E-state index in [0.717, 1.165) is 10.0 Å². The third-order valence-electron chi connectivity index (χ3n) is 3.97. The second-order valence-electron chi connectivity index (χ2n) is 6.39. The van der Waals surface area contributed by atoms with Crippen molar-refractivity contribution in [3.63, 3.8) is 0 Å². The van der Waals surface area contributed by atoms with Gasteiger partial charge in [0.1, 0.15) is 0 Å². The van der Waals surface area contributed by atoms with Crippen LogP contribution in [0.4, 0.5) is 0 Å². The molecule has 0 heterocycles. The first-order valence-corrected chi connectivity index (χ1v) is 8.51. The van der Waals surface area contributed by atoms with Gasteiger partial charge in [0.2, 0.25) is 5.91 Å². The second kappa shape index (κ2) is 7.75. The Bertz CT molecular complexity index is 655. The average molecular weight is 375 g/mol. The van der Waals surface area contributed by atoms with Crippen LogP contribution in [-0.4, -0.2) is 12.5 Å². The summed E-state index contributed by atoms with van der Waals surface area (Å²) in [6.07, 6.45) is 0.290. The van der Waals surface area contributed by atoms with Crippen LogP contribution in [0.5, 0.6) is 0 Å². The van der Waals surface area contributed by atoms with Gasteiger partial charge in [-0.1, -0.05) is 72.2 Å². The SMILES string of the molecule is CC(C)(CNC(=O)CC(N)c1ccccc1)c1cccc(Br)c1. The van der Waals surface area contributed by atoms with Gasteiger partial charge in [0.15, 0.2) is 0 Å². The normalized spacial score (nSPS) is 12.7. The molecule has 0 radical (unpaired) electrons. The highest BCUT2D eigenvalue weighted by atomic mass is 79.9. The van der Waals surface area contributed by atoms with Gasteiger partial charge in [0, 0.05) is 28.9 Å². The van der Waals surface area contributed by atoms with Crippen molar-refractivity contribution in [1.82, 2.24) is 5.32 Å². The number of halogens is 1. The Morgan fingerprint density at radius 1 is 1.17 bits per heavy atom. The highest BCUT2D eigenvalue weighted by molar-refractivity contribution is 9.10. The maximum atomic E-state index is 12.2. The summed E-state index contributed by atoms with van der Waals surface area (Å²) in [5.74, 6) is -0.0237. The lowest BCUT2D eigenvalue weighted by molar-refractivity contribution is -0.121. The average Bonchev–Trinajstić information content (AvgIpc) is 2.54. The number of hydrogen-bond donors (Lipinski definition) is 2. The largest absolute Gasteiger partial charge is 0.355 e. The van der Waals surface area contributed by atoms with E-state index < -0.39 is 0 Å². The molecule has 1 amide bonds. The summed E-state index contributed by atoms with van der Waals surface area (Å²) in [5.41, 5.74) is 8.12. The maximum absolute atomic E-state index is 12.2. The van der Waals surface area contributed by atoms with E-state index in [-0.39, 0.29) is 17.4 Å². The summed E-state index contributed by atoms with van der Waals surface area (Å²) in [6, 6.07) is 17.6. The van der Waals surface area contributed by atoms with Gasteiger partial charge in [-0.2, -0.15) is 0 Å². The van der Waals surface area contributed by atoms with Crippen LogP contribution < -0.4 is 11.1 Å². The Morgan fingerprint density at radius 3 is 2.52 bits per heavy atom. The number of carbonyl (C=O) groups excluding carboxylic acids is 1. The van der Waals surface area contributed by atoms with Crippen LogP contribution >= 0.6 is 15.9 Å². The molecule has 2 aromatic carbocycles. The lowest BCUT2D eigenvalue weighted by atomic mass is 9.84. The summed E-state index contributed by atoms with van der Waals surface area (Å²) in [7, 11) is 0. The van der Waals surface area contributed by atoms with Crippen molar-refractivity contribution in [2.45, 2.75) is 31.7 Å². The Hall–Kier alpha value is -1.65. The van der Waals surface area contributed by atoms with Gasteiger partial charge >= 0.3 is 0 Å². The van der Waals surface area contributed by atoms with E-state index in [1.807, 2.05) is 42.5 Å². The molecule has 2 rings (SSSR count). The number of rotatable bonds is 6. The molecule has 1 atom stereocenters. The van der Waals surface area contributed by atoms with Gasteiger partial charge in [-0.05, 0) is 23.3 Å². The van der Waals surface area contributed by atoms with E-state index in [1.165, 1.54) is 5.56 Å². The van der Waals surface area contributed by atoms with E-state index >= 15 is 0 Å². The Balaban J connectivity index is 1.91. The summed E-state index contributed by atoms with van der Waals surface area (Å²) in [4.78, 5) is 12.2. The van der Waals surface area contributed by atoms with Gasteiger partial charge in [-0.15, -0.1) is 0 Å². The molecule has 0 aliphatic rings. The topological polar surface area (TPSA) is 55.1 Å². The Kier molecular flexibility index (Phi) is 5.97. The minimum atomic E-state index is -0.273. The standard InChI is InChI=1S/C19H23BrN2O/c1-19(2,15-9-6-10-16(20)11-15)13-22-18(23)12-17(21)14-7-4-3-5-8-14/h3-11,17H,12-13,21H2,1-2H3,(H,22,23). The monoisotopic (exact) mass is 374 g/mol. The molecule has 0 saturated carbocycles. The molecule has 0 aromatic heterocycles. The molecule has 2 aromatic rings. The number of hydrogen-bond acceptors (Lipinski definition) is 2. The number of benzene rings is 2. The van der Waals surface area contributed by atoms with Crippen LogP contribution in [-0.2, 0) is 10.2 Å². The fraction of sp³-hybridized carbons (Fsp3) is 0.316. The highest BCUT2D eigenvalue weighted by Crippen LogP contribution is 2.25. The van der Waals surface area contributed by atoms with Crippen LogP contribution in [0.25, 0.3) is 0 Å². The van der Waals surface area contributed by atoms with Crippen molar-refractivity contribution in [1.29, 1.82) is 0 Å². The number of carbonyl (C=O) groups is 1. The molecule has 23 heavy (non-hydrogen) atoms. The third kappa shape index (κ3) is 5.19. The van der Waals surface area contributed by atoms with Crippen LogP contribution in [0.1, 0.15) is 37.4 Å². The predicted molar refractivity (Wildman–Crippen MR) is 98.2 cm³/mol. The molecule has 3 N–H and O–H groups in total. The smallest absolute Gasteiger partial charge is 0.221 e. The molecule has 0 fully saturated rings. The maximum Gasteiger partial charge on any atom is 0.221 e. The molecule has 0 saturated heterocycles. The van der Waals surface area contributed by atoms with Crippen molar-refractivity contribution in [2.75, 3.05) is 6.54 Å². The molecule has 0 bridgehead atoms. The van der Waals surface area contributed by atoms with E-state index in [9.17, 15) is 4.79 Å². The van der Waals surface area contributed by atoms with Crippen LogP contribution in [0.3, 0.4) is 0 Å². The predicted octanol–water partition coefficient (Wildman–Crippen LogP) is 3.93. The molecule has 4 heteroatoms. The summed E-state index contributed by atoms with van der Waals surface area (Å²) >= 11 is 3.49. The van der Waals surface area contributed by atoms with E-state index in [0.29, 0.717) is 13.0 Å². The summed E-state index contributed by atoms with van der Waals surface area (Å²) < 4.78 is 1.04. The molecular weight excluding hydrogens is 352 g/mol. The zero-order valence-electron chi connectivity index (χ0n) is 13.6. The fourth-order valence-corrected chi connectivity index (χ4v) is 2.82. The molecule has 1 unspecified atom stereocenters. The van der Waals surface area contributed by atoms with Crippen LogP contribution in [0, 0.1) is 0 Å². The van der Waals surface area contributed by atoms with Crippen LogP contribution in [0.15, 0.2) is 59.1 Å². The molecule has 0 aliphatic heterocycles. The summed E-state index contributed by atoms with van der Waals surface area (Å²) in [6.45, 7) is 4.81. The number of amides is 1.